The Balaban J connectivity index is 2.27. The first-order valence-electron chi connectivity index (χ1n) is 6.16. The van der Waals surface area contributed by atoms with Crippen LogP contribution in [0.2, 0.25) is 0 Å². The Morgan fingerprint density at radius 1 is 1.60 bits per heavy atom. The third-order valence-corrected chi connectivity index (χ3v) is 3.33. The van der Waals surface area contributed by atoms with E-state index in [0.29, 0.717) is 6.10 Å². The summed E-state index contributed by atoms with van der Waals surface area (Å²) in [5.41, 5.74) is 0.224. The van der Waals surface area contributed by atoms with Crippen LogP contribution in [-0.2, 0) is 4.74 Å². The van der Waals surface area contributed by atoms with Crippen molar-refractivity contribution in [2.24, 2.45) is 5.41 Å². The number of nitrogens with one attached hydrogen (secondary N) is 1. The van der Waals surface area contributed by atoms with E-state index in [4.69, 9.17) is 4.74 Å². The molecule has 1 aliphatic rings. The molecule has 1 aliphatic heterocycles. The Morgan fingerprint density at radius 2 is 2.40 bits per heavy atom. The van der Waals surface area contributed by atoms with E-state index in [1.165, 1.54) is 25.7 Å². The molecule has 0 saturated carbocycles. The highest BCUT2D eigenvalue weighted by molar-refractivity contribution is 4.93. The maximum Gasteiger partial charge on any atom is 0.0576 e. The molecule has 1 rings (SSSR count). The second-order valence-electron chi connectivity index (χ2n) is 4.81. The molecule has 0 aliphatic carbocycles. The van der Waals surface area contributed by atoms with Crippen molar-refractivity contribution in [1.29, 1.82) is 0 Å². The van der Waals surface area contributed by atoms with Gasteiger partial charge in [0.25, 0.3) is 0 Å². The van der Waals surface area contributed by atoms with Gasteiger partial charge in [0.15, 0.2) is 0 Å². The summed E-state index contributed by atoms with van der Waals surface area (Å²) in [4.78, 5) is 0. The smallest absolute Gasteiger partial charge is 0.0576 e. The molecule has 1 N–H and O–H groups in total. The number of ether oxygens (including phenoxy) is 1. The van der Waals surface area contributed by atoms with Crippen LogP contribution < -0.4 is 5.32 Å². The van der Waals surface area contributed by atoms with E-state index in [2.05, 4.69) is 31.8 Å². The van der Waals surface area contributed by atoms with Crippen LogP contribution in [0.3, 0.4) is 0 Å². The van der Waals surface area contributed by atoms with E-state index in [1.807, 2.05) is 0 Å². The Kier molecular flexibility index (Phi) is 5.34. The van der Waals surface area contributed by atoms with Crippen molar-refractivity contribution < 1.29 is 4.74 Å². The molecule has 0 radical (unpaired) electrons. The van der Waals surface area contributed by atoms with Gasteiger partial charge in [0.05, 0.1) is 6.10 Å². The average molecular weight is 211 g/mol. The molecule has 1 heterocycles. The monoisotopic (exact) mass is 211 g/mol. The fraction of sp³-hybridized carbons (Fsp3) is 0.846. The van der Waals surface area contributed by atoms with E-state index < -0.39 is 0 Å². The van der Waals surface area contributed by atoms with Gasteiger partial charge < -0.3 is 10.1 Å². The quantitative estimate of drug-likeness (QED) is 0.654. The van der Waals surface area contributed by atoms with E-state index in [0.717, 1.165) is 19.7 Å². The van der Waals surface area contributed by atoms with Gasteiger partial charge in [-0.3, -0.25) is 0 Å². The summed E-state index contributed by atoms with van der Waals surface area (Å²) in [5, 5.41) is 3.40. The number of rotatable bonds is 7. The first-order chi connectivity index (χ1) is 7.20. The highest BCUT2D eigenvalue weighted by Gasteiger charge is 2.23. The van der Waals surface area contributed by atoms with E-state index in [-0.39, 0.29) is 5.41 Å². The van der Waals surface area contributed by atoms with Crippen LogP contribution in [0.25, 0.3) is 0 Å². The maximum absolute atomic E-state index is 5.64. The van der Waals surface area contributed by atoms with Crippen LogP contribution in [0, 0.1) is 5.41 Å². The summed E-state index contributed by atoms with van der Waals surface area (Å²) < 4.78 is 5.64. The van der Waals surface area contributed by atoms with Gasteiger partial charge in [-0.1, -0.05) is 19.9 Å². The predicted molar refractivity (Wildman–Crippen MR) is 65.1 cm³/mol. The molecule has 0 aromatic rings. The SMILES string of the molecule is C=CC(C)(CCC1CCCO1)CNCC. The summed E-state index contributed by atoms with van der Waals surface area (Å²) in [6.07, 6.45) is 7.43. The summed E-state index contributed by atoms with van der Waals surface area (Å²) in [5.74, 6) is 0. The largest absolute Gasteiger partial charge is 0.378 e. The molecule has 88 valence electrons. The van der Waals surface area contributed by atoms with Crippen LogP contribution in [0.15, 0.2) is 12.7 Å². The van der Waals surface area contributed by atoms with Crippen molar-refractivity contribution in [3.63, 3.8) is 0 Å². The summed E-state index contributed by atoms with van der Waals surface area (Å²) in [7, 11) is 0. The molecular formula is C13H25NO. The minimum Gasteiger partial charge on any atom is -0.378 e. The van der Waals surface area contributed by atoms with Crippen molar-refractivity contribution in [3.05, 3.63) is 12.7 Å². The normalized spacial score (nSPS) is 25.1. The van der Waals surface area contributed by atoms with Gasteiger partial charge in [-0.05, 0) is 37.6 Å². The molecule has 0 bridgehead atoms. The number of hydrogen-bond donors (Lipinski definition) is 1. The second kappa shape index (κ2) is 6.29. The van der Waals surface area contributed by atoms with Crippen molar-refractivity contribution in [2.75, 3.05) is 19.7 Å². The average Bonchev–Trinajstić information content (AvgIpc) is 2.76. The summed E-state index contributed by atoms with van der Waals surface area (Å²) in [6, 6.07) is 0. The lowest BCUT2D eigenvalue weighted by Gasteiger charge is -2.27. The van der Waals surface area contributed by atoms with Crippen LogP contribution in [0.5, 0.6) is 0 Å². The van der Waals surface area contributed by atoms with Crippen LogP contribution in [0.4, 0.5) is 0 Å². The molecule has 0 aromatic carbocycles. The Morgan fingerprint density at radius 3 is 2.93 bits per heavy atom. The zero-order valence-electron chi connectivity index (χ0n) is 10.2. The van der Waals surface area contributed by atoms with Crippen LogP contribution >= 0.6 is 0 Å². The van der Waals surface area contributed by atoms with E-state index in [1.54, 1.807) is 0 Å². The maximum atomic E-state index is 5.64. The minimum atomic E-state index is 0.224. The van der Waals surface area contributed by atoms with Crippen molar-refractivity contribution in [2.45, 2.75) is 45.6 Å². The molecule has 0 amide bonds. The molecule has 2 unspecified atom stereocenters. The zero-order chi connectivity index (χ0) is 11.1. The highest BCUT2D eigenvalue weighted by atomic mass is 16.5. The second-order valence-corrected chi connectivity index (χ2v) is 4.81. The van der Waals surface area contributed by atoms with Gasteiger partial charge in [-0.15, -0.1) is 6.58 Å². The van der Waals surface area contributed by atoms with Crippen molar-refractivity contribution in [1.82, 2.24) is 5.32 Å². The number of hydrogen-bond acceptors (Lipinski definition) is 2. The fourth-order valence-electron chi connectivity index (χ4n) is 2.04. The topological polar surface area (TPSA) is 21.3 Å². The molecule has 1 fully saturated rings. The van der Waals surface area contributed by atoms with E-state index in [9.17, 15) is 0 Å². The lowest BCUT2D eigenvalue weighted by atomic mass is 9.84. The summed E-state index contributed by atoms with van der Waals surface area (Å²) in [6.45, 7) is 11.4. The zero-order valence-corrected chi connectivity index (χ0v) is 10.2. The highest BCUT2D eigenvalue weighted by Crippen LogP contribution is 2.27. The lowest BCUT2D eigenvalue weighted by molar-refractivity contribution is 0.0943. The third-order valence-electron chi connectivity index (χ3n) is 3.33. The van der Waals surface area contributed by atoms with Gasteiger partial charge in [-0.25, -0.2) is 0 Å². The summed E-state index contributed by atoms with van der Waals surface area (Å²) >= 11 is 0. The minimum absolute atomic E-state index is 0.224. The molecule has 15 heavy (non-hydrogen) atoms. The molecule has 2 atom stereocenters. The first kappa shape index (κ1) is 12.7. The molecular weight excluding hydrogens is 186 g/mol. The molecule has 2 heteroatoms. The predicted octanol–water partition coefficient (Wildman–Crippen LogP) is 2.75. The van der Waals surface area contributed by atoms with E-state index >= 15 is 0 Å². The Labute approximate surface area is 94.1 Å². The van der Waals surface area contributed by atoms with Gasteiger partial charge in [-0.2, -0.15) is 0 Å². The molecule has 0 aromatic heterocycles. The molecule has 2 nitrogen and oxygen atoms in total. The van der Waals surface area contributed by atoms with Gasteiger partial charge in [0.1, 0.15) is 0 Å². The van der Waals surface area contributed by atoms with Crippen molar-refractivity contribution >= 4 is 0 Å². The lowest BCUT2D eigenvalue weighted by Crippen LogP contribution is -2.31. The van der Waals surface area contributed by atoms with Gasteiger partial charge >= 0.3 is 0 Å². The van der Waals surface area contributed by atoms with Crippen molar-refractivity contribution in [3.8, 4) is 0 Å². The fourth-order valence-corrected chi connectivity index (χ4v) is 2.04. The van der Waals surface area contributed by atoms with Crippen LogP contribution in [0.1, 0.15) is 39.5 Å². The molecule has 1 saturated heterocycles. The standard InChI is InChI=1S/C13H25NO/c1-4-13(3,11-14-5-2)9-8-12-7-6-10-15-12/h4,12,14H,1,5-11H2,2-3H3. The Bertz CT molecular complexity index is 187. The van der Waals surface area contributed by atoms with Crippen LogP contribution in [-0.4, -0.2) is 25.8 Å². The molecule has 0 spiro atoms. The first-order valence-corrected chi connectivity index (χ1v) is 6.16. The van der Waals surface area contributed by atoms with Gasteiger partial charge in [0.2, 0.25) is 0 Å². The Hall–Kier alpha value is -0.340. The third kappa shape index (κ3) is 4.35. The van der Waals surface area contributed by atoms with Gasteiger partial charge in [0, 0.05) is 13.2 Å².